The van der Waals surface area contributed by atoms with Crippen molar-refractivity contribution in [1.82, 2.24) is 14.5 Å². The summed E-state index contributed by atoms with van der Waals surface area (Å²) in [7, 11) is 2.20. The van der Waals surface area contributed by atoms with Crippen LogP contribution in [0.5, 0.6) is 0 Å². The summed E-state index contributed by atoms with van der Waals surface area (Å²) in [5.41, 5.74) is 1.32. The summed E-state index contributed by atoms with van der Waals surface area (Å²) in [6.45, 7) is 3.71. The molecule has 0 saturated carbocycles. The third-order valence-electron chi connectivity index (χ3n) is 4.48. The molecule has 0 spiro atoms. The fourth-order valence-corrected chi connectivity index (χ4v) is 3.42. The van der Waals surface area contributed by atoms with Crippen LogP contribution in [0.15, 0.2) is 6.20 Å². The molecule has 3 rings (SSSR count). The molecule has 4 nitrogen and oxygen atoms in total. The van der Waals surface area contributed by atoms with Gasteiger partial charge in [-0.15, -0.1) is 0 Å². The standard InChI is InChI=1S/C14H23N3O/c1-16-5-2-3-12(9-16)14-15-8-13-7-11(10-18)4-6-17(13)14/h8,11-12,18H,2-7,9-10H2,1H3. The van der Waals surface area contributed by atoms with Gasteiger partial charge >= 0.3 is 0 Å². The largest absolute Gasteiger partial charge is 0.396 e. The fraction of sp³-hybridized carbons (Fsp3) is 0.786. The van der Waals surface area contributed by atoms with Gasteiger partial charge in [-0.3, -0.25) is 0 Å². The third kappa shape index (κ3) is 2.19. The van der Waals surface area contributed by atoms with E-state index < -0.39 is 0 Å². The Hall–Kier alpha value is -0.870. The van der Waals surface area contributed by atoms with Gasteiger partial charge in [0.2, 0.25) is 0 Å². The predicted molar refractivity (Wildman–Crippen MR) is 70.6 cm³/mol. The van der Waals surface area contributed by atoms with Crippen molar-refractivity contribution >= 4 is 0 Å². The summed E-state index contributed by atoms with van der Waals surface area (Å²) in [5, 5.41) is 9.27. The van der Waals surface area contributed by atoms with Crippen molar-refractivity contribution in [3.8, 4) is 0 Å². The quantitative estimate of drug-likeness (QED) is 0.857. The number of hydrogen-bond donors (Lipinski definition) is 1. The zero-order valence-corrected chi connectivity index (χ0v) is 11.2. The van der Waals surface area contributed by atoms with Crippen LogP contribution in [0.3, 0.4) is 0 Å². The second-order valence-corrected chi connectivity index (χ2v) is 5.90. The number of fused-ring (bicyclic) bond motifs is 1. The smallest absolute Gasteiger partial charge is 0.113 e. The minimum Gasteiger partial charge on any atom is -0.396 e. The van der Waals surface area contributed by atoms with Crippen molar-refractivity contribution in [2.75, 3.05) is 26.7 Å². The normalized spacial score (nSPS) is 29.2. The molecule has 0 aromatic carbocycles. The summed E-state index contributed by atoms with van der Waals surface area (Å²) in [5.74, 6) is 2.33. The number of imidazole rings is 1. The minimum absolute atomic E-state index is 0.312. The SMILES string of the molecule is CN1CCCC(c2ncc3n2CCC(CO)C3)C1. The number of aliphatic hydroxyl groups is 1. The molecule has 0 aliphatic carbocycles. The van der Waals surface area contributed by atoms with Crippen LogP contribution in [0.1, 0.15) is 36.7 Å². The molecule has 4 heteroatoms. The summed E-state index contributed by atoms with van der Waals surface area (Å²) in [6, 6.07) is 0. The molecule has 0 amide bonds. The number of aromatic nitrogens is 2. The van der Waals surface area contributed by atoms with Gasteiger partial charge in [0.25, 0.3) is 0 Å². The Balaban J connectivity index is 1.80. The Morgan fingerprint density at radius 2 is 2.28 bits per heavy atom. The van der Waals surface area contributed by atoms with Crippen LogP contribution in [0, 0.1) is 5.92 Å². The Morgan fingerprint density at radius 3 is 3.06 bits per heavy atom. The maximum atomic E-state index is 9.27. The van der Waals surface area contributed by atoms with Gasteiger partial charge in [-0.25, -0.2) is 4.98 Å². The van der Waals surface area contributed by atoms with E-state index in [0.29, 0.717) is 18.4 Å². The molecule has 0 radical (unpaired) electrons. The summed E-state index contributed by atoms with van der Waals surface area (Å²) < 4.78 is 2.41. The van der Waals surface area contributed by atoms with Crippen molar-refractivity contribution in [3.63, 3.8) is 0 Å². The Morgan fingerprint density at radius 1 is 1.39 bits per heavy atom. The van der Waals surface area contributed by atoms with Gasteiger partial charge in [0.15, 0.2) is 0 Å². The van der Waals surface area contributed by atoms with E-state index in [1.54, 1.807) is 0 Å². The molecule has 1 aromatic heterocycles. The van der Waals surface area contributed by atoms with E-state index in [1.807, 2.05) is 6.20 Å². The first-order valence-electron chi connectivity index (χ1n) is 7.11. The second-order valence-electron chi connectivity index (χ2n) is 5.90. The highest BCUT2D eigenvalue weighted by Gasteiger charge is 2.27. The van der Waals surface area contributed by atoms with Gasteiger partial charge in [0, 0.05) is 37.5 Å². The maximum absolute atomic E-state index is 9.27. The first kappa shape index (κ1) is 12.2. The molecule has 1 aromatic rings. The number of piperidine rings is 1. The van der Waals surface area contributed by atoms with E-state index in [9.17, 15) is 5.11 Å². The van der Waals surface area contributed by atoms with E-state index in [2.05, 4.69) is 21.5 Å². The lowest BCUT2D eigenvalue weighted by atomic mass is 9.95. The van der Waals surface area contributed by atoms with Crippen molar-refractivity contribution in [1.29, 1.82) is 0 Å². The molecule has 100 valence electrons. The molecular weight excluding hydrogens is 226 g/mol. The fourth-order valence-electron chi connectivity index (χ4n) is 3.42. The van der Waals surface area contributed by atoms with Gasteiger partial charge in [-0.1, -0.05) is 0 Å². The first-order valence-corrected chi connectivity index (χ1v) is 7.11. The average Bonchev–Trinajstić information content (AvgIpc) is 2.81. The van der Waals surface area contributed by atoms with Gasteiger partial charge in [0.1, 0.15) is 5.82 Å². The lowest BCUT2D eigenvalue weighted by Crippen LogP contribution is -2.33. The van der Waals surface area contributed by atoms with E-state index >= 15 is 0 Å². The molecule has 18 heavy (non-hydrogen) atoms. The monoisotopic (exact) mass is 249 g/mol. The summed E-state index contributed by atoms with van der Waals surface area (Å²) in [6.07, 6.45) is 6.67. The van der Waals surface area contributed by atoms with Crippen LogP contribution in [-0.4, -0.2) is 46.3 Å². The average molecular weight is 249 g/mol. The highest BCUT2D eigenvalue weighted by Crippen LogP contribution is 2.29. The highest BCUT2D eigenvalue weighted by molar-refractivity contribution is 5.13. The van der Waals surface area contributed by atoms with Crippen LogP contribution < -0.4 is 0 Å². The molecule has 1 saturated heterocycles. The van der Waals surface area contributed by atoms with Crippen LogP contribution in [0.4, 0.5) is 0 Å². The van der Waals surface area contributed by atoms with Gasteiger partial charge in [-0.2, -0.15) is 0 Å². The predicted octanol–water partition coefficient (Wildman–Crippen LogP) is 1.25. The molecular formula is C14H23N3O. The number of hydrogen-bond acceptors (Lipinski definition) is 3. The molecule has 3 heterocycles. The number of likely N-dealkylation sites (tertiary alicyclic amines) is 1. The molecule has 2 aliphatic heterocycles. The Labute approximate surface area is 109 Å². The molecule has 0 bridgehead atoms. The number of likely N-dealkylation sites (N-methyl/N-ethyl adjacent to an activating group) is 1. The maximum Gasteiger partial charge on any atom is 0.113 e. The van der Waals surface area contributed by atoms with Crippen LogP contribution >= 0.6 is 0 Å². The van der Waals surface area contributed by atoms with E-state index in [1.165, 1.54) is 30.9 Å². The Kier molecular flexibility index (Phi) is 3.39. The van der Waals surface area contributed by atoms with Crippen molar-refractivity contribution in [2.45, 2.75) is 38.1 Å². The topological polar surface area (TPSA) is 41.3 Å². The van der Waals surface area contributed by atoms with E-state index in [0.717, 1.165) is 25.9 Å². The van der Waals surface area contributed by atoms with Crippen molar-refractivity contribution in [2.24, 2.45) is 5.92 Å². The molecule has 2 atom stereocenters. The Bertz CT molecular complexity index is 415. The molecule has 1 fully saturated rings. The van der Waals surface area contributed by atoms with Crippen LogP contribution in [0.2, 0.25) is 0 Å². The third-order valence-corrected chi connectivity index (χ3v) is 4.48. The highest BCUT2D eigenvalue weighted by atomic mass is 16.3. The minimum atomic E-state index is 0.312. The number of aliphatic hydroxyl groups excluding tert-OH is 1. The van der Waals surface area contributed by atoms with Crippen molar-refractivity contribution in [3.05, 3.63) is 17.7 Å². The second kappa shape index (κ2) is 5.02. The first-order chi connectivity index (χ1) is 8.78. The van der Waals surface area contributed by atoms with E-state index in [4.69, 9.17) is 0 Å². The lowest BCUT2D eigenvalue weighted by molar-refractivity contribution is 0.197. The van der Waals surface area contributed by atoms with Gasteiger partial charge < -0.3 is 14.6 Å². The van der Waals surface area contributed by atoms with E-state index in [-0.39, 0.29) is 0 Å². The zero-order valence-electron chi connectivity index (χ0n) is 11.2. The molecule has 1 N–H and O–H groups in total. The van der Waals surface area contributed by atoms with Crippen LogP contribution in [-0.2, 0) is 13.0 Å². The van der Waals surface area contributed by atoms with Crippen molar-refractivity contribution < 1.29 is 5.11 Å². The zero-order chi connectivity index (χ0) is 12.5. The summed E-state index contributed by atoms with van der Waals surface area (Å²) in [4.78, 5) is 7.09. The molecule has 2 unspecified atom stereocenters. The van der Waals surface area contributed by atoms with Gasteiger partial charge in [0.05, 0.1) is 0 Å². The lowest BCUT2D eigenvalue weighted by Gasteiger charge is -2.31. The molecule has 2 aliphatic rings. The van der Waals surface area contributed by atoms with Gasteiger partial charge in [-0.05, 0) is 45.2 Å². The number of rotatable bonds is 2. The number of nitrogens with zero attached hydrogens (tertiary/aromatic N) is 3. The summed E-state index contributed by atoms with van der Waals surface area (Å²) >= 11 is 0. The van der Waals surface area contributed by atoms with Crippen LogP contribution in [0.25, 0.3) is 0 Å².